The smallest absolute Gasteiger partial charge is 0.490 e. The van der Waals surface area contributed by atoms with Crippen molar-refractivity contribution >= 4 is 12.4 Å². The van der Waals surface area contributed by atoms with Gasteiger partial charge in [0.25, 0.3) is 0 Å². The van der Waals surface area contributed by atoms with Crippen molar-refractivity contribution in [2.24, 2.45) is 5.92 Å². The van der Waals surface area contributed by atoms with Gasteiger partial charge in [0.15, 0.2) is 11.6 Å². The van der Waals surface area contributed by atoms with Gasteiger partial charge in [0, 0.05) is 0 Å². The Morgan fingerprint density at radius 3 is 2.21 bits per heavy atom. The number of hydrogen-bond donors (Lipinski definition) is 0. The van der Waals surface area contributed by atoms with Crippen molar-refractivity contribution in [2.45, 2.75) is 26.7 Å². The van der Waals surface area contributed by atoms with Gasteiger partial charge in [0.1, 0.15) is 0 Å². The molecule has 0 fully saturated rings. The second-order valence-corrected chi connectivity index (χ2v) is 4.26. The Labute approximate surface area is 153 Å². The monoisotopic (exact) mass is 302 g/mol. The van der Waals surface area contributed by atoms with Crippen LogP contribution in [0.25, 0.3) is 0 Å². The summed E-state index contributed by atoms with van der Waals surface area (Å²) in [6.45, 7) is -0.968. The van der Waals surface area contributed by atoms with Crippen LogP contribution in [-0.4, -0.2) is 13.6 Å². The second kappa shape index (κ2) is 8.67. The maximum absolute atomic E-state index is 13.3. The second-order valence-electron chi connectivity index (χ2n) is 4.26. The molecule has 1 nitrogen and oxygen atoms in total. The van der Waals surface area contributed by atoms with E-state index in [0.29, 0.717) is 0 Å². The summed E-state index contributed by atoms with van der Waals surface area (Å²) in [4.78, 5) is 0. The Morgan fingerprint density at radius 2 is 1.74 bits per heavy atom. The third-order valence-electron chi connectivity index (χ3n) is 2.96. The zero-order valence-electron chi connectivity index (χ0n) is 11.4. The molecule has 0 N–H and O–H groups in total. The van der Waals surface area contributed by atoms with E-state index < -0.39 is 18.3 Å². The van der Waals surface area contributed by atoms with Crippen LogP contribution < -0.4 is 61.6 Å². The minimum atomic E-state index is -5.13. The van der Waals surface area contributed by atoms with Gasteiger partial charge in [-0.15, -0.1) is 5.46 Å². The summed E-state index contributed by atoms with van der Waals surface area (Å²) >= 11 is 0. The van der Waals surface area contributed by atoms with Crippen molar-refractivity contribution in [2.75, 3.05) is 6.61 Å². The van der Waals surface area contributed by atoms with E-state index in [0.717, 1.165) is 31.0 Å². The number of benzene rings is 1. The fourth-order valence-electron chi connectivity index (χ4n) is 1.57. The molecule has 102 valence electrons. The van der Waals surface area contributed by atoms with Crippen LogP contribution in [0.2, 0.25) is 0 Å². The third-order valence-corrected chi connectivity index (χ3v) is 2.96. The van der Waals surface area contributed by atoms with Crippen LogP contribution in [0.3, 0.4) is 0 Å². The van der Waals surface area contributed by atoms with E-state index in [9.17, 15) is 17.3 Å². The summed E-state index contributed by atoms with van der Waals surface area (Å²) in [6, 6.07) is 2.27. The molecular weight excluding hydrogens is 286 g/mol. The van der Waals surface area contributed by atoms with Gasteiger partial charge in [-0.2, -0.15) is 0 Å². The number of hydrogen-bond acceptors (Lipinski definition) is 1. The van der Waals surface area contributed by atoms with Gasteiger partial charge >= 0.3 is 58.4 Å². The van der Waals surface area contributed by atoms with Crippen LogP contribution in [0.1, 0.15) is 26.7 Å². The Morgan fingerprint density at radius 1 is 1.16 bits per heavy atom. The molecule has 0 aromatic heterocycles. The maximum Gasteiger partial charge on any atom is 1.00 e. The van der Waals surface area contributed by atoms with E-state index in [-0.39, 0.29) is 69.7 Å². The topological polar surface area (TPSA) is 9.23 Å². The zero-order valence-corrected chi connectivity index (χ0v) is 14.6. The van der Waals surface area contributed by atoms with Gasteiger partial charge in [-0.3, -0.25) is 0 Å². The molecule has 0 aliphatic carbocycles. The van der Waals surface area contributed by atoms with E-state index in [1.807, 2.05) is 13.8 Å². The van der Waals surface area contributed by atoms with Crippen molar-refractivity contribution < 1.29 is 73.5 Å². The fraction of sp³-hybridized carbons (Fsp3) is 0.500. The molecule has 1 aromatic carbocycles. The molecule has 0 amide bonds. The van der Waals surface area contributed by atoms with E-state index in [4.69, 9.17) is 4.74 Å². The zero-order chi connectivity index (χ0) is 13.8. The molecular formula is C12H16BF4KO. The van der Waals surface area contributed by atoms with Crippen molar-refractivity contribution in [3.63, 3.8) is 0 Å². The molecule has 0 aliphatic rings. The fourth-order valence-corrected chi connectivity index (χ4v) is 1.57. The first-order valence-corrected chi connectivity index (χ1v) is 6.00. The molecule has 7 heteroatoms. The summed E-state index contributed by atoms with van der Waals surface area (Å²) in [7, 11) is 0. The van der Waals surface area contributed by atoms with Gasteiger partial charge < -0.3 is 17.7 Å². The van der Waals surface area contributed by atoms with Gasteiger partial charge in [0.05, 0.1) is 6.61 Å². The molecule has 0 saturated carbocycles. The average Bonchev–Trinajstić information content (AvgIpc) is 2.31. The first kappa shape index (κ1) is 19.4. The summed E-state index contributed by atoms with van der Waals surface area (Å²) in [5, 5.41) is 0. The number of rotatable bonds is 6. The van der Waals surface area contributed by atoms with E-state index in [1.54, 1.807) is 0 Å². The standard InChI is InChI=1S/C12H16BF4O.K/c1-3-9(4-2)8-18-12-7-10(13(15,16)17)5-6-11(12)14;/h5-7,9H,3-4,8H2,1-2H3;/q-1;+1. The SMILES string of the molecule is CCC(CC)COc1cc([B-](F)(F)F)ccc1F.[K+]. The van der Waals surface area contributed by atoms with Crippen LogP contribution in [-0.2, 0) is 0 Å². The molecule has 0 heterocycles. The molecule has 1 rings (SSSR count). The Bertz CT molecular complexity index is 394. The van der Waals surface area contributed by atoms with E-state index in [2.05, 4.69) is 0 Å². The minimum Gasteiger partial charge on any atom is -0.490 e. The number of ether oxygens (including phenoxy) is 1. The Balaban J connectivity index is 0.00000324. The third kappa shape index (κ3) is 6.16. The van der Waals surface area contributed by atoms with Crippen LogP contribution >= 0.6 is 0 Å². The number of halogens is 4. The largest absolute Gasteiger partial charge is 1.00 e. The van der Waals surface area contributed by atoms with E-state index in [1.165, 1.54) is 0 Å². The normalized spacial score (nSPS) is 11.3. The quantitative estimate of drug-likeness (QED) is 0.555. The maximum atomic E-state index is 13.3. The van der Waals surface area contributed by atoms with Gasteiger partial charge in [-0.1, -0.05) is 32.8 Å². The molecule has 0 radical (unpaired) electrons. The molecule has 0 saturated heterocycles. The van der Waals surface area contributed by atoms with Crippen molar-refractivity contribution in [1.29, 1.82) is 0 Å². The van der Waals surface area contributed by atoms with Crippen LogP contribution in [0.4, 0.5) is 17.3 Å². The molecule has 19 heavy (non-hydrogen) atoms. The van der Waals surface area contributed by atoms with Gasteiger partial charge in [-0.05, 0) is 18.1 Å². The van der Waals surface area contributed by atoms with E-state index >= 15 is 0 Å². The Hall–Kier alpha value is 0.441. The summed E-state index contributed by atoms with van der Waals surface area (Å²) in [5.74, 6) is -0.854. The average molecular weight is 302 g/mol. The molecule has 0 spiro atoms. The molecule has 0 bridgehead atoms. The van der Waals surface area contributed by atoms with Crippen molar-refractivity contribution in [3.8, 4) is 5.75 Å². The molecule has 0 atom stereocenters. The first-order valence-electron chi connectivity index (χ1n) is 6.00. The minimum absolute atomic E-state index is 0. The molecule has 1 aromatic rings. The predicted octanol–water partition coefficient (Wildman–Crippen LogP) is 0.699. The van der Waals surface area contributed by atoms with Crippen molar-refractivity contribution in [1.82, 2.24) is 0 Å². The summed E-state index contributed by atoms with van der Waals surface area (Å²) in [6.07, 6.45) is 1.70. The molecule has 0 unspecified atom stereocenters. The summed E-state index contributed by atoms with van der Waals surface area (Å²) < 4.78 is 56.0. The van der Waals surface area contributed by atoms with Crippen LogP contribution in [0, 0.1) is 11.7 Å². The molecule has 0 aliphatic heterocycles. The summed E-state index contributed by atoms with van der Waals surface area (Å²) in [5.41, 5.74) is -0.837. The predicted molar refractivity (Wildman–Crippen MR) is 64.7 cm³/mol. The van der Waals surface area contributed by atoms with Gasteiger partial charge in [0.2, 0.25) is 0 Å². The Kier molecular flexibility index (Phi) is 8.87. The van der Waals surface area contributed by atoms with Crippen LogP contribution in [0.5, 0.6) is 5.75 Å². The van der Waals surface area contributed by atoms with Crippen LogP contribution in [0.15, 0.2) is 18.2 Å². The first-order chi connectivity index (χ1) is 8.38. The van der Waals surface area contributed by atoms with Gasteiger partial charge in [-0.25, -0.2) is 4.39 Å². The van der Waals surface area contributed by atoms with Crippen molar-refractivity contribution in [3.05, 3.63) is 24.0 Å².